The van der Waals surface area contributed by atoms with E-state index in [1.807, 2.05) is 30.3 Å². The van der Waals surface area contributed by atoms with E-state index in [2.05, 4.69) is 10.3 Å². The molecule has 1 heterocycles. The van der Waals surface area contributed by atoms with Crippen molar-refractivity contribution in [2.75, 3.05) is 0 Å². The molecule has 160 valence electrons. The van der Waals surface area contributed by atoms with Gasteiger partial charge in [-0.15, -0.1) is 0 Å². The second-order valence-corrected chi connectivity index (χ2v) is 8.77. The highest BCUT2D eigenvalue weighted by Crippen LogP contribution is 2.36. The van der Waals surface area contributed by atoms with Crippen LogP contribution in [0.25, 0.3) is 16.6 Å². The zero-order valence-electron chi connectivity index (χ0n) is 17.1. The summed E-state index contributed by atoms with van der Waals surface area (Å²) in [6, 6.07) is 22.6. The van der Waals surface area contributed by atoms with Gasteiger partial charge in [-0.1, -0.05) is 66.4 Å². The molecule has 1 aromatic heterocycles. The molecule has 1 atom stereocenters. The maximum absolute atomic E-state index is 14.8. The number of aromatic nitrogens is 2. The first kappa shape index (κ1) is 20.5. The molecule has 1 N–H and O–H groups in total. The van der Waals surface area contributed by atoms with Crippen LogP contribution in [0.1, 0.15) is 23.7 Å². The summed E-state index contributed by atoms with van der Waals surface area (Å²) in [5.41, 5.74) is 1.02. The predicted octanol–water partition coefficient (Wildman–Crippen LogP) is 4.64. The molecule has 5 nitrogen and oxygen atoms in total. The van der Waals surface area contributed by atoms with Crippen molar-refractivity contribution in [2.45, 2.75) is 29.3 Å². The molecule has 0 aliphatic heterocycles. The molecule has 1 amide bonds. The second kappa shape index (κ2) is 8.59. The Bertz CT molecular complexity index is 1350. The number of amides is 1. The topological polar surface area (TPSA) is 64.0 Å². The van der Waals surface area contributed by atoms with E-state index < -0.39 is 11.1 Å². The van der Waals surface area contributed by atoms with Crippen molar-refractivity contribution in [2.24, 2.45) is 0 Å². The van der Waals surface area contributed by atoms with E-state index in [0.717, 1.165) is 30.2 Å². The summed E-state index contributed by atoms with van der Waals surface area (Å²) in [6.07, 6.45) is 1.93. The zero-order valence-corrected chi connectivity index (χ0v) is 17.9. The maximum atomic E-state index is 14.8. The standard InChI is InChI=1S/C25H20FN3O2S/c26-19-11-5-7-13-21(19)29-24(31)18-10-4-6-12-20(18)28-25(29)32-22(16-8-2-1-3-9-16)23(30)27-17-14-15-17/h1-13,17,22H,14-15H2,(H,27,30). The minimum absolute atomic E-state index is 0.104. The van der Waals surface area contributed by atoms with Crippen molar-refractivity contribution in [1.29, 1.82) is 0 Å². The summed E-state index contributed by atoms with van der Waals surface area (Å²) in [5.74, 6) is -0.682. The quantitative estimate of drug-likeness (QED) is 0.347. The Labute approximate surface area is 188 Å². The van der Waals surface area contributed by atoms with Crippen LogP contribution in [0.5, 0.6) is 0 Å². The first-order chi connectivity index (χ1) is 15.6. The Balaban J connectivity index is 1.67. The van der Waals surface area contributed by atoms with Crippen LogP contribution in [-0.4, -0.2) is 21.5 Å². The molecule has 4 aromatic rings. The number of para-hydroxylation sites is 2. The van der Waals surface area contributed by atoms with Gasteiger partial charge in [-0.2, -0.15) is 0 Å². The van der Waals surface area contributed by atoms with Gasteiger partial charge in [0.15, 0.2) is 5.16 Å². The Morgan fingerprint density at radius 1 is 1.00 bits per heavy atom. The van der Waals surface area contributed by atoms with Gasteiger partial charge in [0.25, 0.3) is 5.56 Å². The Morgan fingerprint density at radius 3 is 2.44 bits per heavy atom. The summed E-state index contributed by atoms with van der Waals surface area (Å²) in [4.78, 5) is 31.2. The molecule has 3 aromatic carbocycles. The molecule has 32 heavy (non-hydrogen) atoms. The van der Waals surface area contributed by atoms with Crippen molar-refractivity contribution < 1.29 is 9.18 Å². The van der Waals surface area contributed by atoms with Gasteiger partial charge < -0.3 is 5.32 Å². The first-order valence-corrected chi connectivity index (χ1v) is 11.3. The lowest BCUT2D eigenvalue weighted by molar-refractivity contribution is -0.120. The lowest BCUT2D eigenvalue weighted by Crippen LogP contribution is -2.30. The fourth-order valence-corrected chi connectivity index (χ4v) is 4.66. The third kappa shape index (κ3) is 4.03. The largest absolute Gasteiger partial charge is 0.352 e. The molecular weight excluding hydrogens is 425 g/mol. The van der Waals surface area contributed by atoms with Crippen LogP contribution in [-0.2, 0) is 4.79 Å². The molecule has 0 spiro atoms. The highest BCUT2D eigenvalue weighted by molar-refractivity contribution is 8.00. The van der Waals surface area contributed by atoms with Gasteiger partial charge >= 0.3 is 0 Å². The second-order valence-electron chi connectivity index (χ2n) is 7.69. The molecule has 0 saturated heterocycles. The number of benzene rings is 3. The maximum Gasteiger partial charge on any atom is 0.266 e. The first-order valence-electron chi connectivity index (χ1n) is 10.4. The summed E-state index contributed by atoms with van der Waals surface area (Å²) in [5, 5.41) is 3.06. The molecule has 0 bridgehead atoms. The Kier molecular flexibility index (Phi) is 5.49. The van der Waals surface area contributed by atoms with E-state index in [4.69, 9.17) is 0 Å². The van der Waals surface area contributed by atoms with Crippen LogP contribution in [0.4, 0.5) is 4.39 Å². The third-order valence-electron chi connectivity index (χ3n) is 5.33. The number of nitrogens with zero attached hydrogens (tertiary/aromatic N) is 2. The van der Waals surface area contributed by atoms with E-state index in [1.165, 1.54) is 10.6 Å². The fourth-order valence-electron chi connectivity index (χ4n) is 3.55. The van der Waals surface area contributed by atoms with Crippen LogP contribution in [0.2, 0.25) is 0 Å². The number of fused-ring (bicyclic) bond motifs is 1. The van der Waals surface area contributed by atoms with Gasteiger partial charge in [-0.3, -0.25) is 14.2 Å². The van der Waals surface area contributed by atoms with Crippen LogP contribution in [0, 0.1) is 5.82 Å². The van der Waals surface area contributed by atoms with Crippen molar-refractivity contribution in [3.63, 3.8) is 0 Å². The minimum Gasteiger partial charge on any atom is -0.352 e. The smallest absolute Gasteiger partial charge is 0.266 e. The van der Waals surface area contributed by atoms with Gasteiger partial charge in [-0.25, -0.2) is 9.37 Å². The molecule has 1 saturated carbocycles. The van der Waals surface area contributed by atoms with E-state index >= 15 is 0 Å². The lowest BCUT2D eigenvalue weighted by Gasteiger charge is -2.19. The number of carbonyl (C=O) groups excluding carboxylic acids is 1. The molecule has 1 aliphatic rings. The average molecular weight is 446 g/mol. The van der Waals surface area contributed by atoms with Gasteiger partial charge in [-0.05, 0) is 42.7 Å². The van der Waals surface area contributed by atoms with Gasteiger partial charge in [0.1, 0.15) is 11.1 Å². The van der Waals surface area contributed by atoms with E-state index in [9.17, 15) is 14.0 Å². The number of hydrogen-bond acceptors (Lipinski definition) is 4. The monoisotopic (exact) mass is 445 g/mol. The number of thioether (sulfide) groups is 1. The molecule has 1 aliphatic carbocycles. The number of rotatable bonds is 6. The lowest BCUT2D eigenvalue weighted by atomic mass is 10.1. The molecule has 7 heteroatoms. The highest BCUT2D eigenvalue weighted by Gasteiger charge is 2.30. The zero-order chi connectivity index (χ0) is 22.1. The van der Waals surface area contributed by atoms with Gasteiger partial charge in [0.2, 0.25) is 5.91 Å². The highest BCUT2D eigenvalue weighted by atomic mass is 32.2. The summed E-state index contributed by atoms with van der Waals surface area (Å²) in [7, 11) is 0. The predicted molar refractivity (Wildman–Crippen MR) is 124 cm³/mol. The minimum atomic E-state index is -0.636. The summed E-state index contributed by atoms with van der Waals surface area (Å²) in [6.45, 7) is 0. The molecule has 5 rings (SSSR count). The molecule has 1 unspecified atom stereocenters. The number of carbonyl (C=O) groups is 1. The fraction of sp³-hybridized carbons (Fsp3) is 0.160. The normalized spacial score (nSPS) is 14.3. The molecule has 1 fully saturated rings. The van der Waals surface area contributed by atoms with Crippen molar-refractivity contribution in [1.82, 2.24) is 14.9 Å². The number of hydrogen-bond donors (Lipinski definition) is 1. The summed E-state index contributed by atoms with van der Waals surface area (Å²) >= 11 is 1.15. The third-order valence-corrected chi connectivity index (χ3v) is 6.53. The van der Waals surface area contributed by atoms with Crippen LogP contribution < -0.4 is 10.9 Å². The Morgan fingerprint density at radius 2 is 1.69 bits per heavy atom. The van der Waals surface area contributed by atoms with E-state index in [0.29, 0.717) is 10.9 Å². The molecule has 0 radical (unpaired) electrons. The number of nitrogens with one attached hydrogen (secondary N) is 1. The number of halogens is 1. The average Bonchev–Trinajstić information content (AvgIpc) is 3.63. The SMILES string of the molecule is O=C(NC1CC1)C(Sc1nc2ccccc2c(=O)n1-c1ccccc1F)c1ccccc1. The van der Waals surface area contributed by atoms with E-state index in [1.54, 1.807) is 42.5 Å². The molecular formula is C25H20FN3O2S. The summed E-state index contributed by atoms with van der Waals surface area (Å²) < 4.78 is 16.0. The van der Waals surface area contributed by atoms with Crippen molar-refractivity contribution in [3.8, 4) is 5.69 Å². The van der Waals surface area contributed by atoms with Crippen molar-refractivity contribution >= 4 is 28.6 Å². The van der Waals surface area contributed by atoms with Crippen LogP contribution in [0.15, 0.2) is 88.8 Å². The van der Waals surface area contributed by atoms with Crippen LogP contribution in [0.3, 0.4) is 0 Å². The van der Waals surface area contributed by atoms with Gasteiger partial charge in [0.05, 0.1) is 16.6 Å². The Hall–Kier alpha value is -3.45. The van der Waals surface area contributed by atoms with E-state index in [-0.39, 0.29) is 28.4 Å². The van der Waals surface area contributed by atoms with Gasteiger partial charge in [0, 0.05) is 6.04 Å². The van der Waals surface area contributed by atoms with Crippen molar-refractivity contribution in [3.05, 3.63) is 101 Å². The van der Waals surface area contributed by atoms with Crippen LogP contribution >= 0.6 is 11.8 Å².